The van der Waals surface area contributed by atoms with Crippen molar-refractivity contribution in [3.63, 3.8) is 0 Å². The summed E-state index contributed by atoms with van der Waals surface area (Å²) in [5, 5.41) is 5.15. The molecule has 4 nitrogen and oxygen atoms in total. The van der Waals surface area contributed by atoms with Crippen LogP contribution in [-0.2, 0) is 9.59 Å². The van der Waals surface area contributed by atoms with Gasteiger partial charge in [0, 0.05) is 17.2 Å². The van der Waals surface area contributed by atoms with Crippen molar-refractivity contribution < 1.29 is 14.0 Å². The summed E-state index contributed by atoms with van der Waals surface area (Å²) in [6.45, 7) is 5.44. The summed E-state index contributed by atoms with van der Waals surface area (Å²) >= 11 is 0. The molecule has 0 saturated heterocycles. The molecular formula is C15H19FN2O2. The van der Waals surface area contributed by atoms with Crippen LogP contribution in [0.1, 0.15) is 26.3 Å². The number of halogens is 1. The van der Waals surface area contributed by atoms with E-state index in [2.05, 4.69) is 10.6 Å². The zero-order chi connectivity index (χ0) is 15.2. The number of hydrogen-bond acceptors (Lipinski definition) is 2. The van der Waals surface area contributed by atoms with Gasteiger partial charge in [-0.3, -0.25) is 9.59 Å². The molecule has 108 valence electrons. The van der Waals surface area contributed by atoms with Gasteiger partial charge in [-0.05, 0) is 32.9 Å². The number of rotatable bonds is 4. The summed E-state index contributed by atoms with van der Waals surface area (Å²) in [7, 11) is 0. The molecule has 1 rings (SSSR count). The molecule has 0 unspecified atom stereocenters. The summed E-state index contributed by atoms with van der Waals surface area (Å²) in [4.78, 5) is 23.0. The van der Waals surface area contributed by atoms with E-state index in [1.807, 2.05) is 20.8 Å². The first-order valence-corrected chi connectivity index (χ1v) is 6.29. The van der Waals surface area contributed by atoms with Gasteiger partial charge < -0.3 is 10.6 Å². The van der Waals surface area contributed by atoms with Crippen LogP contribution in [0.2, 0.25) is 0 Å². The highest BCUT2D eigenvalue weighted by Gasteiger charge is 2.13. The molecule has 0 fully saturated rings. The zero-order valence-electron chi connectivity index (χ0n) is 11.9. The molecule has 0 bridgehead atoms. The fraction of sp³-hybridized carbons (Fsp3) is 0.333. The largest absolute Gasteiger partial charge is 0.350 e. The third kappa shape index (κ3) is 6.13. The second-order valence-corrected chi connectivity index (χ2v) is 5.37. The molecule has 0 heterocycles. The SMILES string of the molecule is CC(C)(C)NC(=O)CNC(=O)/C=C/c1ccccc1F. The average molecular weight is 278 g/mol. The maximum atomic E-state index is 13.3. The van der Waals surface area contributed by atoms with E-state index in [4.69, 9.17) is 0 Å². The van der Waals surface area contributed by atoms with E-state index >= 15 is 0 Å². The molecule has 0 saturated carbocycles. The Morgan fingerprint density at radius 2 is 1.90 bits per heavy atom. The third-order valence-electron chi connectivity index (χ3n) is 2.26. The van der Waals surface area contributed by atoms with Crippen molar-refractivity contribution in [1.82, 2.24) is 10.6 Å². The van der Waals surface area contributed by atoms with Gasteiger partial charge in [-0.25, -0.2) is 4.39 Å². The highest BCUT2D eigenvalue weighted by Crippen LogP contribution is 2.07. The van der Waals surface area contributed by atoms with E-state index in [0.29, 0.717) is 5.56 Å². The van der Waals surface area contributed by atoms with Gasteiger partial charge in [0.05, 0.1) is 6.54 Å². The Hall–Kier alpha value is -2.17. The molecule has 0 atom stereocenters. The quantitative estimate of drug-likeness (QED) is 0.826. The predicted octanol–water partition coefficient (Wildman–Crippen LogP) is 1.87. The van der Waals surface area contributed by atoms with E-state index in [0.717, 1.165) is 0 Å². The Morgan fingerprint density at radius 1 is 1.25 bits per heavy atom. The second-order valence-electron chi connectivity index (χ2n) is 5.37. The summed E-state index contributed by atoms with van der Waals surface area (Å²) in [6.07, 6.45) is 2.56. The van der Waals surface area contributed by atoms with E-state index in [1.54, 1.807) is 18.2 Å². The van der Waals surface area contributed by atoms with Crippen LogP contribution in [0, 0.1) is 5.82 Å². The molecule has 0 spiro atoms. The van der Waals surface area contributed by atoms with Gasteiger partial charge in [0.15, 0.2) is 0 Å². The van der Waals surface area contributed by atoms with Crippen molar-refractivity contribution in [2.24, 2.45) is 0 Å². The van der Waals surface area contributed by atoms with Gasteiger partial charge in [-0.2, -0.15) is 0 Å². The van der Waals surface area contributed by atoms with Crippen molar-refractivity contribution >= 4 is 17.9 Å². The van der Waals surface area contributed by atoms with Gasteiger partial charge in [0.25, 0.3) is 0 Å². The Balaban J connectivity index is 2.45. The van der Waals surface area contributed by atoms with Crippen LogP contribution < -0.4 is 10.6 Å². The van der Waals surface area contributed by atoms with Crippen molar-refractivity contribution in [3.8, 4) is 0 Å². The lowest BCUT2D eigenvalue weighted by molar-refractivity contribution is -0.124. The minimum Gasteiger partial charge on any atom is -0.350 e. The maximum absolute atomic E-state index is 13.3. The molecule has 20 heavy (non-hydrogen) atoms. The fourth-order valence-corrected chi connectivity index (χ4v) is 1.46. The number of benzene rings is 1. The van der Waals surface area contributed by atoms with Crippen LogP contribution >= 0.6 is 0 Å². The minimum atomic E-state index is -0.447. The van der Waals surface area contributed by atoms with Crippen LogP contribution in [0.5, 0.6) is 0 Å². The molecule has 5 heteroatoms. The standard InChI is InChI=1S/C15H19FN2O2/c1-15(2,3)18-14(20)10-17-13(19)9-8-11-6-4-5-7-12(11)16/h4-9H,10H2,1-3H3,(H,17,19)(H,18,20)/b9-8+. The Kier molecular flexibility index (Phi) is 5.43. The smallest absolute Gasteiger partial charge is 0.244 e. The summed E-state index contributed by atoms with van der Waals surface area (Å²) < 4.78 is 13.3. The molecule has 2 N–H and O–H groups in total. The fourth-order valence-electron chi connectivity index (χ4n) is 1.46. The van der Waals surface area contributed by atoms with Gasteiger partial charge in [0.1, 0.15) is 5.82 Å². The summed E-state index contributed by atoms with van der Waals surface area (Å²) in [6, 6.07) is 6.13. The molecule has 0 radical (unpaired) electrons. The van der Waals surface area contributed by atoms with Crippen LogP contribution in [0.15, 0.2) is 30.3 Å². The molecule has 0 aliphatic rings. The van der Waals surface area contributed by atoms with Crippen LogP contribution in [0.25, 0.3) is 6.08 Å². The number of hydrogen-bond donors (Lipinski definition) is 2. The Labute approximate surface area is 118 Å². The first-order chi connectivity index (χ1) is 9.28. The molecule has 2 amide bonds. The van der Waals surface area contributed by atoms with E-state index in [1.165, 1.54) is 18.2 Å². The second kappa shape index (κ2) is 6.84. The molecule has 0 aliphatic heterocycles. The Bertz CT molecular complexity index is 519. The van der Waals surface area contributed by atoms with E-state index in [9.17, 15) is 14.0 Å². The van der Waals surface area contributed by atoms with E-state index in [-0.39, 0.29) is 18.0 Å². The van der Waals surface area contributed by atoms with Crippen LogP contribution in [-0.4, -0.2) is 23.9 Å². The highest BCUT2D eigenvalue weighted by molar-refractivity contribution is 5.94. The third-order valence-corrected chi connectivity index (χ3v) is 2.26. The maximum Gasteiger partial charge on any atom is 0.244 e. The lowest BCUT2D eigenvalue weighted by Gasteiger charge is -2.20. The first-order valence-electron chi connectivity index (χ1n) is 6.29. The molecule has 0 aromatic heterocycles. The predicted molar refractivity (Wildman–Crippen MR) is 76.3 cm³/mol. The molecular weight excluding hydrogens is 259 g/mol. The summed E-state index contributed by atoms with van der Waals surface area (Å²) in [5.74, 6) is -1.12. The number of nitrogens with one attached hydrogen (secondary N) is 2. The van der Waals surface area contributed by atoms with Gasteiger partial charge in [-0.1, -0.05) is 18.2 Å². The molecule has 0 aliphatic carbocycles. The van der Waals surface area contributed by atoms with Crippen molar-refractivity contribution in [1.29, 1.82) is 0 Å². The van der Waals surface area contributed by atoms with Crippen molar-refractivity contribution in [3.05, 3.63) is 41.7 Å². The van der Waals surface area contributed by atoms with Gasteiger partial charge >= 0.3 is 0 Å². The normalized spacial score (nSPS) is 11.4. The van der Waals surface area contributed by atoms with Gasteiger partial charge in [-0.15, -0.1) is 0 Å². The molecule has 1 aromatic carbocycles. The minimum absolute atomic E-state index is 0.113. The number of carbonyl (C=O) groups excluding carboxylic acids is 2. The zero-order valence-corrected chi connectivity index (χ0v) is 11.9. The highest BCUT2D eigenvalue weighted by atomic mass is 19.1. The van der Waals surface area contributed by atoms with Gasteiger partial charge in [0.2, 0.25) is 11.8 Å². The Morgan fingerprint density at radius 3 is 2.50 bits per heavy atom. The van der Waals surface area contributed by atoms with E-state index < -0.39 is 11.7 Å². The lowest BCUT2D eigenvalue weighted by atomic mass is 10.1. The number of carbonyl (C=O) groups is 2. The first kappa shape index (κ1) is 15.9. The van der Waals surface area contributed by atoms with Crippen molar-refractivity contribution in [2.45, 2.75) is 26.3 Å². The lowest BCUT2D eigenvalue weighted by Crippen LogP contribution is -2.45. The average Bonchev–Trinajstić information content (AvgIpc) is 2.33. The van der Waals surface area contributed by atoms with Crippen LogP contribution in [0.4, 0.5) is 4.39 Å². The topological polar surface area (TPSA) is 58.2 Å². The van der Waals surface area contributed by atoms with Crippen LogP contribution in [0.3, 0.4) is 0 Å². The number of amides is 2. The van der Waals surface area contributed by atoms with Crippen molar-refractivity contribution in [2.75, 3.05) is 6.54 Å². The monoisotopic (exact) mass is 278 g/mol. The molecule has 1 aromatic rings. The summed E-state index contributed by atoms with van der Waals surface area (Å²) in [5.41, 5.74) is -0.0213.